The predicted molar refractivity (Wildman–Crippen MR) is 250 cm³/mol. The molecule has 0 fully saturated rings. The first-order chi connectivity index (χ1) is 28.5. The molecule has 0 saturated heterocycles. The third kappa shape index (κ3) is 44.2. The second-order valence-corrected chi connectivity index (χ2v) is 17.9. The van der Waals surface area contributed by atoms with Gasteiger partial charge in [-0.3, -0.25) is 9.59 Å². The maximum absolute atomic E-state index is 12.4. The van der Waals surface area contributed by atoms with Gasteiger partial charge in [0.2, 0.25) is 5.91 Å². The molecule has 0 radical (unpaired) electrons. The van der Waals surface area contributed by atoms with E-state index in [-0.39, 0.29) is 18.5 Å². The van der Waals surface area contributed by atoms with Crippen LogP contribution in [0, 0.1) is 0 Å². The Bertz CT molecular complexity index is 863. The van der Waals surface area contributed by atoms with Crippen LogP contribution in [0.4, 0.5) is 0 Å². The summed E-state index contributed by atoms with van der Waals surface area (Å²) in [4.78, 5) is 24.4. The topological polar surface area (TPSA) is 95.9 Å². The molecular formula is C52H101NO5. The van der Waals surface area contributed by atoms with E-state index < -0.39 is 12.1 Å². The number of aliphatic hydroxyl groups is 2. The first kappa shape index (κ1) is 56.6. The van der Waals surface area contributed by atoms with E-state index in [1.165, 1.54) is 180 Å². The lowest BCUT2D eigenvalue weighted by atomic mass is 10.0. The number of unbranched alkanes of at least 4 members (excludes halogenated alkanes) is 35. The fraction of sp³-hybridized carbons (Fsp3) is 0.923. The van der Waals surface area contributed by atoms with Gasteiger partial charge in [-0.05, 0) is 51.4 Å². The van der Waals surface area contributed by atoms with E-state index in [1.54, 1.807) is 0 Å². The van der Waals surface area contributed by atoms with E-state index in [9.17, 15) is 19.8 Å². The third-order valence-corrected chi connectivity index (χ3v) is 12.1. The molecule has 0 aromatic carbocycles. The third-order valence-electron chi connectivity index (χ3n) is 12.1. The predicted octanol–water partition coefficient (Wildman–Crippen LogP) is 15.3. The number of carbonyl (C=O) groups is 2. The Morgan fingerprint density at radius 3 is 1.22 bits per heavy atom. The minimum atomic E-state index is -0.672. The van der Waals surface area contributed by atoms with Crippen molar-refractivity contribution in [3.63, 3.8) is 0 Å². The highest BCUT2D eigenvalue weighted by Gasteiger charge is 2.20. The van der Waals surface area contributed by atoms with Crippen LogP contribution >= 0.6 is 0 Å². The second kappa shape index (κ2) is 48.3. The molecule has 6 nitrogen and oxygen atoms in total. The zero-order valence-electron chi connectivity index (χ0n) is 39.0. The Balaban J connectivity index is 3.46. The molecule has 0 aliphatic rings. The van der Waals surface area contributed by atoms with Gasteiger partial charge < -0.3 is 20.3 Å². The molecule has 6 heteroatoms. The van der Waals surface area contributed by atoms with Crippen molar-refractivity contribution in [3.05, 3.63) is 12.2 Å². The van der Waals surface area contributed by atoms with Gasteiger partial charge in [0.1, 0.15) is 0 Å². The minimum absolute atomic E-state index is 0.00777. The Labute approximate surface area is 361 Å². The van der Waals surface area contributed by atoms with E-state index in [1.807, 2.05) is 0 Å². The molecule has 0 aliphatic carbocycles. The zero-order valence-corrected chi connectivity index (χ0v) is 39.0. The summed E-state index contributed by atoms with van der Waals surface area (Å²) in [6.45, 7) is 4.92. The number of nitrogens with one attached hydrogen (secondary N) is 1. The molecule has 344 valence electrons. The average Bonchev–Trinajstić information content (AvgIpc) is 3.22. The van der Waals surface area contributed by atoms with Crippen LogP contribution in [0.25, 0.3) is 0 Å². The summed E-state index contributed by atoms with van der Waals surface area (Å²) >= 11 is 0. The quantitative estimate of drug-likeness (QED) is 0.0323. The van der Waals surface area contributed by atoms with Gasteiger partial charge in [0, 0.05) is 12.8 Å². The lowest BCUT2D eigenvalue weighted by molar-refractivity contribution is -0.143. The summed E-state index contributed by atoms with van der Waals surface area (Å²) in [6, 6.07) is -0.550. The maximum Gasteiger partial charge on any atom is 0.305 e. The van der Waals surface area contributed by atoms with Crippen LogP contribution in [-0.2, 0) is 14.3 Å². The first-order valence-corrected chi connectivity index (χ1v) is 25.9. The summed E-state index contributed by atoms with van der Waals surface area (Å²) < 4.78 is 5.45. The summed E-state index contributed by atoms with van der Waals surface area (Å²) in [6.07, 6.45) is 54.7. The number of hydrogen-bond acceptors (Lipinski definition) is 5. The zero-order chi connectivity index (χ0) is 42.3. The Morgan fingerprint density at radius 1 is 0.466 bits per heavy atom. The number of carbonyl (C=O) groups excluding carboxylic acids is 2. The van der Waals surface area contributed by atoms with Gasteiger partial charge in [0.25, 0.3) is 0 Å². The van der Waals surface area contributed by atoms with Crippen molar-refractivity contribution in [2.75, 3.05) is 13.2 Å². The molecule has 0 spiro atoms. The Hall–Kier alpha value is -1.40. The van der Waals surface area contributed by atoms with E-state index in [0.29, 0.717) is 25.9 Å². The van der Waals surface area contributed by atoms with E-state index >= 15 is 0 Å². The van der Waals surface area contributed by atoms with Crippen molar-refractivity contribution < 1.29 is 24.5 Å². The second-order valence-electron chi connectivity index (χ2n) is 17.9. The monoisotopic (exact) mass is 820 g/mol. The highest BCUT2D eigenvalue weighted by Crippen LogP contribution is 2.16. The lowest BCUT2D eigenvalue weighted by Gasteiger charge is -2.22. The SMILES string of the molecule is CCCCCCCCCCCCCCCCC(=O)OCCCCCC/C=C\CCCCCCCCCC(=O)NC(CO)C(O)CCCCCCCCCCCCCC. The van der Waals surface area contributed by atoms with Crippen LogP contribution in [0.3, 0.4) is 0 Å². The number of ether oxygens (including phenoxy) is 1. The molecule has 58 heavy (non-hydrogen) atoms. The van der Waals surface area contributed by atoms with Crippen molar-refractivity contribution in [2.45, 2.75) is 296 Å². The molecule has 0 aliphatic heterocycles. The number of esters is 1. The normalized spacial score (nSPS) is 12.7. The van der Waals surface area contributed by atoms with Crippen molar-refractivity contribution in [1.82, 2.24) is 5.32 Å². The average molecular weight is 820 g/mol. The van der Waals surface area contributed by atoms with Crippen LogP contribution in [0.15, 0.2) is 12.2 Å². The van der Waals surface area contributed by atoms with E-state index in [2.05, 4.69) is 31.3 Å². The van der Waals surface area contributed by atoms with Crippen LogP contribution in [0.2, 0.25) is 0 Å². The summed E-state index contributed by atoms with van der Waals surface area (Å²) in [5.74, 6) is -0.0579. The number of rotatable bonds is 48. The first-order valence-electron chi connectivity index (χ1n) is 25.9. The molecule has 0 aromatic heterocycles. The minimum Gasteiger partial charge on any atom is -0.466 e. The number of hydrogen-bond donors (Lipinski definition) is 3. The maximum atomic E-state index is 12.4. The van der Waals surface area contributed by atoms with Gasteiger partial charge in [-0.25, -0.2) is 0 Å². The lowest BCUT2D eigenvalue weighted by Crippen LogP contribution is -2.45. The van der Waals surface area contributed by atoms with Gasteiger partial charge in [-0.2, -0.15) is 0 Å². The fourth-order valence-electron chi connectivity index (χ4n) is 8.05. The van der Waals surface area contributed by atoms with Gasteiger partial charge >= 0.3 is 5.97 Å². The number of amides is 1. The molecule has 0 heterocycles. The molecule has 0 bridgehead atoms. The van der Waals surface area contributed by atoms with E-state index in [4.69, 9.17) is 4.74 Å². The number of allylic oxidation sites excluding steroid dienone is 2. The molecule has 0 aromatic rings. The molecule has 2 unspecified atom stereocenters. The van der Waals surface area contributed by atoms with Crippen LogP contribution < -0.4 is 5.32 Å². The van der Waals surface area contributed by atoms with Crippen molar-refractivity contribution in [2.24, 2.45) is 0 Å². The van der Waals surface area contributed by atoms with E-state index in [0.717, 1.165) is 70.6 Å². The Morgan fingerprint density at radius 2 is 0.810 bits per heavy atom. The summed E-state index contributed by atoms with van der Waals surface area (Å²) in [7, 11) is 0. The standard InChI is InChI=1S/C52H101NO5/c1-3-5-7-9-11-13-15-17-22-26-30-34-38-42-46-52(57)58-47-43-39-35-31-27-23-20-18-19-21-25-29-33-37-41-45-51(56)53-49(48-54)50(55)44-40-36-32-28-24-16-14-12-10-8-6-4-2/h20,23,49-50,54-55H,3-19,21-22,24-48H2,1-2H3,(H,53,56)/b23-20-. The fourth-order valence-corrected chi connectivity index (χ4v) is 8.05. The van der Waals surface area contributed by atoms with Gasteiger partial charge in [0.05, 0.1) is 25.4 Å². The van der Waals surface area contributed by atoms with Gasteiger partial charge in [-0.15, -0.1) is 0 Å². The van der Waals surface area contributed by atoms with Crippen LogP contribution in [-0.4, -0.2) is 47.4 Å². The molecule has 3 N–H and O–H groups in total. The van der Waals surface area contributed by atoms with Crippen LogP contribution in [0.1, 0.15) is 284 Å². The molecule has 2 atom stereocenters. The molecule has 0 saturated carbocycles. The van der Waals surface area contributed by atoms with Crippen molar-refractivity contribution >= 4 is 11.9 Å². The smallest absolute Gasteiger partial charge is 0.305 e. The summed E-state index contributed by atoms with van der Waals surface area (Å²) in [5.41, 5.74) is 0. The van der Waals surface area contributed by atoms with Gasteiger partial charge in [0.15, 0.2) is 0 Å². The van der Waals surface area contributed by atoms with Crippen molar-refractivity contribution in [1.29, 1.82) is 0 Å². The number of aliphatic hydroxyl groups excluding tert-OH is 2. The highest BCUT2D eigenvalue weighted by atomic mass is 16.5. The highest BCUT2D eigenvalue weighted by molar-refractivity contribution is 5.76. The molecular weight excluding hydrogens is 719 g/mol. The largest absolute Gasteiger partial charge is 0.466 e. The van der Waals surface area contributed by atoms with Crippen molar-refractivity contribution in [3.8, 4) is 0 Å². The Kier molecular flexibility index (Phi) is 47.1. The molecule has 1 amide bonds. The van der Waals surface area contributed by atoms with Gasteiger partial charge in [-0.1, -0.05) is 231 Å². The summed E-state index contributed by atoms with van der Waals surface area (Å²) in [5, 5.41) is 23.1. The molecule has 0 rings (SSSR count). The van der Waals surface area contributed by atoms with Crippen LogP contribution in [0.5, 0.6) is 0 Å².